The molecule has 0 saturated carbocycles. The van der Waals surface area contributed by atoms with Crippen molar-refractivity contribution < 1.29 is 28.4 Å². The Balaban J connectivity index is 1.60. The molecule has 1 saturated heterocycles. The molecule has 0 spiro atoms. The second-order valence-electron chi connectivity index (χ2n) is 11.2. The molecule has 240 valence electrons. The molecule has 0 aromatic heterocycles. The standard InChI is InChI=1S/C33H67NO6/c1-2-3-4-5-6-7-8-9-10-11-12-13-14-15-16-17-22-35-23-24-36-25-26-37-27-28-38-29-30-39-31-32-40-33-18-20-34-21-19-33/h33-34H,2-32H2,1H3. The highest BCUT2D eigenvalue weighted by molar-refractivity contribution is 4.67. The van der Waals surface area contributed by atoms with Gasteiger partial charge < -0.3 is 33.7 Å². The number of unbranched alkanes of at least 4 members (excludes halogenated alkanes) is 15. The highest BCUT2D eigenvalue weighted by atomic mass is 16.6. The summed E-state index contributed by atoms with van der Waals surface area (Å²) >= 11 is 0. The van der Waals surface area contributed by atoms with E-state index in [-0.39, 0.29) is 0 Å². The fourth-order valence-electron chi connectivity index (χ4n) is 4.97. The van der Waals surface area contributed by atoms with Crippen molar-refractivity contribution >= 4 is 0 Å². The molecule has 0 amide bonds. The van der Waals surface area contributed by atoms with Crippen LogP contribution >= 0.6 is 0 Å². The summed E-state index contributed by atoms with van der Waals surface area (Å²) in [7, 11) is 0. The van der Waals surface area contributed by atoms with E-state index >= 15 is 0 Å². The van der Waals surface area contributed by atoms with Gasteiger partial charge in [-0.1, -0.05) is 103 Å². The van der Waals surface area contributed by atoms with E-state index in [1.165, 1.54) is 103 Å². The van der Waals surface area contributed by atoms with Gasteiger partial charge in [0.1, 0.15) is 0 Å². The van der Waals surface area contributed by atoms with Crippen molar-refractivity contribution in [2.75, 3.05) is 85.8 Å². The molecular formula is C33H67NO6. The van der Waals surface area contributed by atoms with E-state index in [1.54, 1.807) is 0 Å². The van der Waals surface area contributed by atoms with E-state index in [4.69, 9.17) is 28.4 Å². The predicted molar refractivity (Wildman–Crippen MR) is 165 cm³/mol. The zero-order valence-corrected chi connectivity index (χ0v) is 26.4. The Kier molecular flexibility index (Phi) is 31.4. The summed E-state index contributed by atoms with van der Waals surface area (Å²) in [6, 6.07) is 0. The van der Waals surface area contributed by atoms with Crippen molar-refractivity contribution in [3.8, 4) is 0 Å². The van der Waals surface area contributed by atoms with Gasteiger partial charge in [0, 0.05) is 6.61 Å². The van der Waals surface area contributed by atoms with Gasteiger partial charge in [-0.3, -0.25) is 0 Å². The lowest BCUT2D eigenvalue weighted by Crippen LogP contribution is -2.33. The minimum absolute atomic E-state index is 0.392. The molecule has 1 N–H and O–H groups in total. The maximum absolute atomic E-state index is 5.80. The van der Waals surface area contributed by atoms with Crippen LogP contribution in [0.25, 0.3) is 0 Å². The zero-order valence-electron chi connectivity index (χ0n) is 26.4. The van der Waals surface area contributed by atoms with Crippen LogP contribution in [0.4, 0.5) is 0 Å². The molecule has 0 aromatic rings. The van der Waals surface area contributed by atoms with E-state index in [2.05, 4.69) is 12.2 Å². The summed E-state index contributed by atoms with van der Waals surface area (Å²) in [5, 5.41) is 3.34. The van der Waals surface area contributed by atoms with Crippen LogP contribution in [0.3, 0.4) is 0 Å². The Morgan fingerprint density at radius 2 is 0.725 bits per heavy atom. The highest BCUT2D eigenvalue weighted by Crippen LogP contribution is 2.13. The molecule has 0 bridgehead atoms. The summed E-state index contributed by atoms with van der Waals surface area (Å²) in [6.45, 7) is 11.4. The topological polar surface area (TPSA) is 67.4 Å². The molecule has 0 radical (unpaired) electrons. The lowest BCUT2D eigenvalue weighted by Gasteiger charge is -2.22. The highest BCUT2D eigenvalue weighted by Gasteiger charge is 2.12. The third-order valence-corrected chi connectivity index (χ3v) is 7.50. The smallest absolute Gasteiger partial charge is 0.0704 e. The van der Waals surface area contributed by atoms with Crippen molar-refractivity contribution in [3.05, 3.63) is 0 Å². The van der Waals surface area contributed by atoms with Gasteiger partial charge in [0.2, 0.25) is 0 Å². The number of piperidine rings is 1. The first-order valence-corrected chi connectivity index (χ1v) is 17.1. The van der Waals surface area contributed by atoms with Crippen molar-refractivity contribution in [1.82, 2.24) is 5.32 Å². The fraction of sp³-hybridized carbons (Fsp3) is 1.00. The third-order valence-electron chi connectivity index (χ3n) is 7.50. The Labute approximate surface area is 248 Å². The minimum Gasteiger partial charge on any atom is -0.379 e. The number of nitrogens with one attached hydrogen (secondary N) is 1. The largest absolute Gasteiger partial charge is 0.379 e. The Bertz CT molecular complexity index is 464. The molecule has 1 heterocycles. The first-order chi connectivity index (χ1) is 19.9. The van der Waals surface area contributed by atoms with Crippen LogP contribution in [0.5, 0.6) is 0 Å². The third kappa shape index (κ3) is 29.2. The molecule has 1 aliphatic rings. The second-order valence-corrected chi connectivity index (χ2v) is 11.2. The normalized spacial score (nSPS) is 14.3. The molecule has 0 atom stereocenters. The predicted octanol–water partition coefficient (Wildman–Crippen LogP) is 7.10. The van der Waals surface area contributed by atoms with E-state index in [0.717, 1.165) is 32.5 Å². The van der Waals surface area contributed by atoms with Crippen LogP contribution in [0.2, 0.25) is 0 Å². The quantitative estimate of drug-likeness (QED) is 0.0840. The van der Waals surface area contributed by atoms with E-state index in [1.807, 2.05) is 0 Å². The van der Waals surface area contributed by atoms with Crippen LogP contribution in [-0.2, 0) is 28.4 Å². The molecule has 0 aliphatic carbocycles. The molecule has 7 nitrogen and oxygen atoms in total. The molecule has 0 aromatic carbocycles. The van der Waals surface area contributed by atoms with Gasteiger partial charge in [-0.05, 0) is 32.4 Å². The molecule has 0 unspecified atom stereocenters. The fourth-order valence-corrected chi connectivity index (χ4v) is 4.97. The van der Waals surface area contributed by atoms with Crippen LogP contribution in [-0.4, -0.2) is 91.9 Å². The average Bonchev–Trinajstić information content (AvgIpc) is 2.98. The molecular weight excluding hydrogens is 506 g/mol. The van der Waals surface area contributed by atoms with Crippen molar-refractivity contribution in [2.24, 2.45) is 0 Å². The Morgan fingerprint density at radius 3 is 1.12 bits per heavy atom. The average molecular weight is 574 g/mol. The summed E-state index contributed by atoms with van der Waals surface area (Å²) in [6.07, 6.45) is 24.9. The molecule has 7 heteroatoms. The first-order valence-electron chi connectivity index (χ1n) is 17.1. The van der Waals surface area contributed by atoms with Gasteiger partial charge in [-0.25, -0.2) is 0 Å². The number of ether oxygens (including phenoxy) is 6. The van der Waals surface area contributed by atoms with Crippen LogP contribution in [0.15, 0.2) is 0 Å². The van der Waals surface area contributed by atoms with Crippen LogP contribution in [0.1, 0.15) is 122 Å². The Morgan fingerprint density at radius 1 is 0.400 bits per heavy atom. The molecule has 1 fully saturated rings. The van der Waals surface area contributed by atoms with Crippen LogP contribution < -0.4 is 5.32 Å². The summed E-state index contributed by atoms with van der Waals surface area (Å²) in [5.74, 6) is 0. The second kappa shape index (κ2) is 33.2. The maximum Gasteiger partial charge on any atom is 0.0704 e. The molecule has 1 aliphatic heterocycles. The summed E-state index contributed by atoms with van der Waals surface area (Å²) < 4.78 is 33.7. The van der Waals surface area contributed by atoms with Crippen molar-refractivity contribution in [1.29, 1.82) is 0 Å². The van der Waals surface area contributed by atoms with Crippen molar-refractivity contribution in [3.63, 3.8) is 0 Å². The van der Waals surface area contributed by atoms with Gasteiger partial charge in [0.25, 0.3) is 0 Å². The van der Waals surface area contributed by atoms with Crippen molar-refractivity contribution in [2.45, 2.75) is 129 Å². The number of hydrogen-bond acceptors (Lipinski definition) is 7. The minimum atomic E-state index is 0.392. The number of rotatable bonds is 33. The lowest BCUT2D eigenvalue weighted by molar-refractivity contribution is -0.0296. The summed E-state index contributed by atoms with van der Waals surface area (Å²) in [5.41, 5.74) is 0. The number of hydrogen-bond donors (Lipinski definition) is 1. The monoisotopic (exact) mass is 573 g/mol. The van der Waals surface area contributed by atoms with E-state index in [9.17, 15) is 0 Å². The first kappa shape index (κ1) is 37.7. The van der Waals surface area contributed by atoms with Crippen LogP contribution in [0, 0.1) is 0 Å². The van der Waals surface area contributed by atoms with E-state index < -0.39 is 0 Å². The van der Waals surface area contributed by atoms with Gasteiger partial charge in [0.05, 0.1) is 72.2 Å². The lowest BCUT2D eigenvalue weighted by atomic mass is 10.0. The SMILES string of the molecule is CCCCCCCCCCCCCCCCCCOCCOCCOCCOCCOCCOC1CCNCC1. The Hall–Kier alpha value is -0.280. The molecule has 1 rings (SSSR count). The zero-order chi connectivity index (χ0) is 28.4. The maximum atomic E-state index is 5.80. The van der Waals surface area contributed by atoms with E-state index in [0.29, 0.717) is 72.2 Å². The summed E-state index contributed by atoms with van der Waals surface area (Å²) in [4.78, 5) is 0. The molecule has 40 heavy (non-hydrogen) atoms. The van der Waals surface area contributed by atoms with Gasteiger partial charge in [0.15, 0.2) is 0 Å². The van der Waals surface area contributed by atoms with Gasteiger partial charge in [-0.15, -0.1) is 0 Å². The van der Waals surface area contributed by atoms with Gasteiger partial charge >= 0.3 is 0 Å². The van der Waals surface area contributed by atoms with Gasteiger partial charge in [-0.2, -0.15) is 0 Å².